The normalized spacial score (nSPS) is 15.8. The number of hydrogen-bond donors (Lipinski definition) is 0. The number of nitrogens with zero attached hydrogens (tertiary/aromatic N) is 2. The lowest BCUT2D eigenvalue weighted by molar-refractivity contribution is -0.139. The SMILES string of the molecule is CC(C)C(=O)N1CCN(C(=O)/C=C/c2ccc(SC(F)(F)F)cc2)CC1. The predicted octanol–water partition coefficient (Wildman–Crippen LogP) is 3.64. The lowest BCUT2D eigenvalue weighted by Crippen LogP contribution is -2.51. The third kappa shape index (κ3) is 6.09. The van der Waals surface area contributed by atoms with Crippen molar-refractivity contribution in [1.29, 1.82) is 0 Å². The van der Waals surface area contributed by atoms with Crippen molar-refractivity contribution in [2.45, 2.75) is 24.3 Å². The molecule has 142 valence electrons. The zero-order chi connectivity index (χ0) is 19.3. The average molecular weight is 386 g/mol. The molecule has 26 heavy (non-hydrogen) atoms. The molecule has 1 saturated heterocycles. The molecule has 1 fully saturated rings. The van der Waals surface area contributed by atoms with E-state index in [1.165, 1.54) is 30.3 Å². The van der Waals surface area contributed by atoms with Gasteiger partial charge in [-0.05, 0) is 35.5 Å². The van der Waals surface area contributed by atoms with Gasteiger partial charge in [-0.3, -0.25) is 9.59 Å². The number of piperazine rings is 1. The fraction of sp³-hybridized carbons (Fsp3) is 0.444. The average Bonchev–Trinajstić information content (AvgIpc) is 2.59. The van der Waals surface area contributed by atoms with Gasteiger partial charge in [0.25, 0.3) is 0 Å². The molecule has 1 aliphatic rings. The van der Waals surface area contributed by atoms with Gasteiger partial charge < -0.3 is 9.80 Å². The molecule has 1 heterocycles. The van der Waals surface area contributed by atoms with Crippen molar-refractivity contribution in [3.63, 3.8) is 0 Å². The Balaban J connectivity index is 1.87. The molecule has 0 spiro atoms. The quantitative estimate of drug-likeness (QED) is 0.586. The van der Waals surface area contributed by atoms with Gasteiger partial charge in [0.05, 0.1) is 0 Å². The number of alkyl halides is 3. The molecular formula is C18H21F3N2O2S. The van der Waals surface area contributed by atoms with Crippen LogP contribution in [0.25, 0.3) is 6.08 Å². The van der Waals surface area contributed by atoms with Gasteiger partial charge in [0, 0.05) is 43.1 Å². The summed E-state index contributed by atoms with van der Waals surface area (Å²) in [5, 5.41) is 0. The largest absolute Gasteiger partial charge is 0.446 e. The monoisotopic (exact) mass is 386 g/mol. The van der Waals surface area contributed by atoms with Crippen molar-refractivity contribution in [3.05, 3.63) is 35.9 Å². The van der Waals surface area contributed by atoms with Crippen molar-refractivity contribution in [2.75, 3.05) is 26.2 Å². The number of halogens is 3. The first kappa shape index (κ1) is 20.4. The van der Waals surface area contributed by atoms with Gasteiger partial charge >= 0.3 is 5.51 Å². The number of hydrogen-bond acceptors (Lipinski definition) is 3. The molecule has 2 rings (SSSR count). The van der Waals surface area contributed by atoms with Crippen molar-refractivity contribution in [2.24, 2.45) is 5.92 Å². The molecule has 8 heteroatoms. The molecule has 1 aliphatic heterocycles. The Bertz CT molecular complexity index is 664. The second-order valence-electron chi connectivity index (χ2n) is 6.26. The summed E-state index contributed by atoms with van der Waals surface area (Å²) in [6, 6.07) is 5.82. The van der Waals surface area contributed by atoms with Crippen molar-refractivity contribution in [3.8, 4) is 0 Å². The van der Waals surface area contributed by atoms with Crippen LogP contribution in [0.2, 0.25) is 0 Å². The molecule has 1 aromatic rings. The third-order valence-corrected chi connectivity index (χ3v) is 4.67. The van der Waals surface area contributed by atoms with Crippen LogP contribution < -0.4 is 0 Å². The number of thioether (sulfide) groups is 1. The van der Waals surface area contributed by atoms with E-state index in [4.69, 9.17) is 0 Å². The van der Waals surface area contributed by atoms with Gasteiger partial charge in [-0.15, -0.1) is 0 Å². The van der Waals surface area contributed by atoms with E-state index in [1.54, 1.807) is 15.9 Å². The van der Waals surface area contributed by atoms with Crippen molar-refractivity contribution < 1.29 is 22.8 Å². The molecule has 1 aromatic carbocycles. The minimum absolute atomic E-state index is 0.0596. The number of amides is 2. The van der Waals surface area contributed by atoms with Crippen LogP contribution in [0.4, 0.5) is 13.2 Å². The number of benzene rings is 1. The lowest BCUT2D eigenvalue weighted by Gasteiger charge is -2.35. The molecule has 4 nitrogen and oxygen atoms in total. The number of rotatable bonds is 4. The van der Waals surface area contributed by atoms with Crippen molar-refractivity contribution >= 4 is 29.7 Å². The minimum Gasteiger partial charge on any atom is -0.339 e. The van der Waals surface area contributed by atoms with Gasteiger partial charge in [0.2, 0.25) is 11.8 Å². The van der Waals surface area contributed by atoms with Crippen LogP contribution in [0, 0.1) is 5.92 Å². The Morgan fingerprint density at radius 1 is 1.04 bits per heavy atom. The summed E-state index contributed by atoms with van der Waals surface area (Å²) in [5.74, 6) is -0.143. The van der Waals surface area contributed by atoms with E-state index in [-0.39, 0.29) is 34.4 Å². The van der Waals surface area contributed by atoms with E-state index >= 15 is 0 Å². The fourth-order valence-corrected chi connectivity index (χ4v) is 3.11. The summed E-state index contributed by atoms with van der Waals surface area (Å²) >= 11 is -0.170. The Morgan fingerprint density at radius 3 is 2.08 bits per heavy atom. The van der Waals surface area contributed by atoms with Crippen LogP contribution in [-0.2, 0) is 9.59 Å². The summed E-state index contributed by atoms with van der Waals surface area (Å²) < 4.78 is 36.9. The molecule has 2 amide bonds. The highest BCUT2D eigenvalue weighted by Gasteiger charge is 2.29. The van der Waals surface area contributed by atoms with Gasteiger partial charge in [0.1, 0.15) is 0 Å². The standard InChI is InChI=1S/C18H21F3N2O2S/c1-13(2)17(25)23-11-9-22(10-12-23)16(24)8-5-14-3-6-15(7-4-14)26-18(19,20)21/h3-8,13H,9-12H2,1-2H3/b8-5+. The first-order valence-corrected chi connectivity index (χ1v) is 9.09. The first-order valence-electron chi connectivity index (χ1n) is 8.27. The van der Waals surface area contributed by atoms with Crippen LogP contribution in [0.15, 0.2) is 35.2 Å². The smallest absolute Gasteiger partial charge is 0.339 e. The minimum atomic E-state index is -4.31. The Morgan fingerprint density at radius 2 is 1.58 bits per heavy atom. The molecule has 0 unspecified atom stereocenters. The van der Waals surface area contributed by atoms with Crippen LogP contribution in [0.1, 0.15) is 19.4 Å². The van der Waals surface area contributed by atoms with E-state index in [2.05, 4.69) is 0 Å². The van der Waals surface area contributed by atoms with E-state index in [0.29, 0.717) is 31.7 Å². The van der Waals surface area contributed by atoms with Gasteiger partial charge in [0.15, 0.2) is 0 Å². The zero-order valence-corrected chi connectivity index (χ0v) is 15.4. The lowest BCUT2D eigenvalue weighted by atomic mass is 10.1. The fourth-order valence-electron chi connectivity index (χ4n) is 2.57. The molecule has 0 N–H and O–H groups in total. The van der Waals surface area contributed by atoms with E-state index < -0.39 is 5.51 Å². The van der Waals surface area contributed by atoms with Crippen LogP contribution in [-0.4, -0.2) is 53.3 Å². The molecular weight excluding hydrogens is 365 g/mol. The maximum atomic E-state index is 12.3. The zero-order valence-electron chi connectivity index (χ0n) is 14.6. The molecule has 0 aromatic heterocycles. The van der Waals surface area contributed by atoms with Crippen LogP contribution >= 0.6 is 11.8 Å². The maximum Gasteiger partial charge on any atom is 0.446 e. The molecule has 0 saturated carbocycles. The summed E-state index contributed by atoms with van der Waals surface area (Å²) in [7, 11) is 0. The summed E-state index contributed by atoms with van der Waals surface area (Å²) in [6.45, 7) is 5.67. The van der Waals surface area contributed by atoms with Crippen LogP contribution in [0.3, 0.4) is 0 Å². The van der Waals surface area contributed by atoms with E-state index in [1.807, 2.05) is 13.8 Å². The van der Waals surface area contributed by atoms with Crippen molar-refractivity contribution in [1.82, 2.24) is 9.80 Å². The molecule has 0 radical (unpaired) electrons. The molecule has 0 aliphatic carbocycles. The second kappa shape index (κ2) is 8.62. The maximum absolute atomic E-state index is 12.3. The number of carbonyl (C=O) groups is 2. The number of carbonyl (C=O) groups excluding carboxylic acids is 2. The third-order valence-electron chi connectivity index (χ3n) is 3.93. The summed E-state index contributed by atoms with van der Waals surface area (Å²) in [4.78, 5) is 27.7. The summed E-state index contributed by atoms with van der Waals surface area (Å²) in [6.07, 6.45) is 2.99. The highest BCUT2D eigenvalue weighted by molar-refractivity contribution is 8.00. The van der Waals surface area contributed by atoms with E-state index in [0.717, 1.165) is 0 Å². The Kier molecular flexibility index (Phi) is 6.75. The summed E-state index contributed by atoms with van der Waals surface area (Å²) in [5.41, 5.74) is -3.66. The van der Waals surface area contributed by atoms with Gasteiger partial charge in [-0.25, -0.2) is 0 Å². The Labute approximate surface area is 155 Å². The van der Waals surface area contributed by atoms with Gasteiger partial charge in [-0.1, -0.05) is 26.0 Å². The molecule has 0 bridgehead atoms. The van der Waals surface area contributed by atoms with Gasteiger partial charge in [-0.2, -0.15) is 13.2 Å². The first-order chi connectivity index (χ1) is 12.2. The second-order valence-corrected chi connectivity index (χ2v) is 7.39. The Hall–Kier alpha value is -1.96. The molecule has 0 atom stereocenters. The topological polar surface area (TPSA) is 40.6 Å². The predicted molar refractivity (Wildman–Crippen MR) is 95.4 cm³/mol. The highest BCUT2D eigenvalue weighted by atomic mass is 32.2. The van der Waals surface area contributed by atoms with Crippen LogP contribution in [0.5, 0.6) is 0 Å². The van der Waals surface area contributed by atoms with E-state index in [9.17, 15) is 22.8 Å². The highest BCUT2D eigenvalue weighted by Crippen LogP contribution is 2.36.